The maximum Gasteiger partial charge on any atom is 0.252 e. The van der Waals surface area contributed by atoms with Gasteiger partial charge >= 0.3 is 0 Å². The molecule has 1 aromatic carbocycles. The van der Waals surface area contributed by atoms with Crippen molar-refractivity contribution >= 4 is 17.2 Å². The summed E-state index contributed by atoms with van der Waals surface area (Å²) in [7, 11) is 0. The van der Waals surface area contributed by atoms with E-state index < -0.39 is 0 Å². The summed E-state index contributed by atoms with van der Waals surface area (Å²) in [6.07, 6.45) is 3.36. The lowest BCUT2D eigenvalue weighted by molar-refractivity contribution is 0.0939. The molecular formula is C18H21NOS. The highest BCUT2D eigenvalue weighted by atomic mass is 32.1. The van der Waals surface area contributed by atoms with E-state index in [4.69, 9.17) is 0 Å². The molecule has 1 heterocycles. The minimum Gasteiger partial charge on any atom is -0.345 e. The normalized spacial score (nSPS) is 18.9. The average molecular weight is 299 g/mol. The molecule has 1 aliphatic rings. The van der Waals surface area contributed by atoms with Gasteiger partial charge in [0.1, 0.15) is 0 Å². The van der Waals surface area contributed by atoms with E-state index in [0.29, 0.717) is 0 Å². The van der Waals surface area contributed by atoms with Crippen molar-refractivity contribution in [2.45, 2.75) is 39.2 Å². The smallest absolute Gasteiger partial charge is 0.252 e. The summed E-state index contributed by atoms with van der Waals surface area (Å²) in [4.78, 5) is 13.9. The zero-order valence-corrected chi connectivity index (χ0v) is 13.4. The fourth-order valence-corrected chi connectivity index (χ4v) is 4.21. The third kappa shape index (κ3) is 3.03. The predicted molar refractivity (Wildman–Crippen MR) is 87.8 cm³/mol. The molecule has 2 unspecified atom stereocenters. The first kappa shape index (κ1) is 14.3. The summed E-state index contributed by atoms with van der Waals surface area (Å²) in [5.74, 6) is 0.814. The van der Waals surface area contributed by atoms with Crippen LogP contribution in [0.5, 0.6) is 0 Å². The maximum absolute atomic E-state index is 12.5. The van der Waals surface area contributed by atoms with Gasteiger partial charge in [-0.1, -0.05) is 37.3 Å². The Morgan fingerprint density at radius 2 is 2.10 bits per heavy atom. The van der Waals surface area contributed by atoms with Crippen molar-refractivity contribution in [1.29, 1.82) is 0 Å². The second-order valence-electron chi connectivity index (χ2n) is 6.00. The van der Waals surface area contributed by atoms with E-state index in [-0.39, 0.29) is 11.9 Å². The van der Waals surface area contributed by atoms with E-state index in [2.05, 4.69) is 24.4 Å². The third-order valence-electron chi connectivity index (χ3n) is 4.29. The number of carbonyl (C=O) groups excluding carboxylic acids is 1. The predicted octanol–water partition coefficient (Wildman–Crippen LogP) is 4.36. The fraction of sp³-hybridized carbons (Fsp3) is 0.389. The van der Waals surface area contributed by atoms with Gasteiger partial charge in [0.2, 0.25) is 0 Å². The van der Waals surface area contributed by atoms with Crippen LogP contribution in [-0.2, 0) is 12.8 Å². The van der Waals surface area contributed by atoms with Gasteiger partial charge in [0.15, 0.2) is 0 Å². The van der Waals surface area contributed by atoms with Gasteiger partial charge in [-0.2, -0.15) is 0 Å². The van der Waals surface area contributed by atoms with Gasteiger partial charge < -0.3 is 5.32 Å². The van der Waals surface area contributed by atoms with E-state index >= 15 is 0 Å². The zero-order valence-electron chi connectivity index (χ0n) is 12.6. The van der Waals surface area contributed by atoms with Crippen molar-refractivity contribution in [2.24, 2.45) is 5.92 Å². The average Bonchev–Trinajstić information content (AvgIpc) is 2.91. The van der Waals surface area contributed by atoms with Crippen LogP contribution in [0.25, 0.3) is 0 Å². The standard InChI is InChI=1S/C18H21NOS/c1-12-8-9-15-16(11-21-17(15)10-12)18(20)19-13(2)14-6-4-3-5-7-14/h3-7,11-13H,8-10H2,1-2H3,(H,19,20). The number of thiophene rings is 1. The number of nitrogens with one attached hydrogen (secondary N) is 1. The SMILES string of the molecule is CC1CCc2c(C(=O)NC(C)c3ccccc3)csc2C1. The summed E-state index contributed by atoms with van der Waals surface area (Å²) >= 11 is 1.75. The molecule has 3 rings (SSSR count). The van der Waals surface area contributed by atoms with Crippen LogP contribution in [0.3, 0.4) is 0 Å². The van der Waals surface area contributed by atoms with Gasteiger partial charge in [0.25, 0.3) is 5.91 Å². The summed E-state index contributed by atoms with van der Waals surface area (Å²) in [5, 5.41) is 5.17. The Kier molecular flexibility index (Phi) is 4.11. The van der Waals surface area contributed by atoms with E-state index in [1.165, 1.54) is 16.9 Å². The molecule has 0 saturated carbocycles. The first-order valence-corrected chi connectivity index (χ1v) is 8.48. The van der Waals surface area contributed by atoms with E-state index in [0.717, 1.165) is 29.9 Å². The minimum absolute atomic E-state index is 0.0387. The Morgan fingerprint density at radius 1 is 1.33 bits per heavy atom. The molecule has 0 radical (unpaired) electrons. The van der Waals surface area contributed by atoms with Gasteiger partial charge in [0, 0.05) is 10.3 Å². The van der Waals surface area contributed by atoms with E-state index in [1.807, 2.05) is 30.5 Å². The minimum atomic E-state index is 0.0387. The number of hydrogen-bond donors (Lipinski definition) is 1. The van der Waals surface area contributed by atoms with Crippen molar-refractivity contribution in [3.8, 4) is 0 Å². The molecule has 0 bridgehead atoms. The highest BCUT2D eigenvalue weighted by Crippen LogP contribution is 2.33. The molecular weight excluding hydrogens is 278 g/mol. The number of rotatable bonds is 3. The van der Waals surface area contributed by atoms with Gasteiger partial charge in [-0.15, -0.1) is 11.3 Å². The second-order valence-corrected chi connectivity index (χ2v) is 6.97. The van der Waals surface area contributed by atoms with Crippen LogP contribution in [0.15, 0.2) is 35.7 Å². The molecule has 2 aromatic rings. The Morgan fingerprint density at radius 3 is 2.86 bits per heavy atom. The van der Waals surface area contributed by atoms with Crippen molar-refractivity contribution in [2.75, 3.05) is 0 Å². The van der Waals surface area contributed by atoms with Gasteiger partial charge in [-0.05, 0) is 43.2 Å². The van der Waals surface area contributed by atoms with Gasteiger partial charge in [-0.3, -0.25) is 4.79 Å². The summed E-state index contributed by atoms with van der Waals surface area (Å²) in [6, 6.07) is 10.1. The molecule has 21 heavy (non-hydrogen) atoms. The molecule has 1 aromatic heterocycles. The summed E-state index contributed by atoms with van der Waals surface area (Å²) < 4.78 is 0. The van der Waals surface area contributed by atoms with Gasteiger partial charge in [0.05, 0.1) is 11.6 Å². The Hall–Kier alpha value is -1.61. The van der Waals surface area contributed by atoms with Crippen LogP contribution < -0.4 is 5.32 Å². The molecule has 3 heteroatoms. The lowest BCUT2D eigenvalue weighted by Crippen LogP contribution is -2.27. The molecule has 0 spiro atoms. The Labute approximate surface area is 130 Å². The molecule has 1 N–H and O–H groups in total. The molecule has 1 aliphatic carbocycles. The van der Waals surface area contributed by atoms with Crippen molar-refractivity contribution in [1.82, 2.24) is 5.32 Å². The molecule has 0 saturated heterocycles. The molecule has 110 valence electrons. The molecule has 2 atom stereocenters. The lowest BCUT2D eigenvalue weighted by atomic mass is 9.88. The van der Waals surface area contributed by atoms with Crippen LogP contribution in [0, 0.1) is 5.92 Å². The molecule has 2 nitrogen and oxygen atoms in total. The number of benzene rings is 1. The Bertz CT molecular complexity index is 632. The third-order valence-corrected chi connectivity index (χ3v) is 5.34. The number of fused-ring (bicyclic) bond motifs is 1. The monoisotopic (exact) mass is 299 g/mol. The summed E-state index contributed by atoms with van der Waals surface area (Å²) in [6.45, 7) is 4.33. The topological polar surface area (TPSA) is 29.1 Å². The second kappa shape index (κ2) is 6.02. The zero-order chi connectivity index (χ0) is 14.8. The number of amides is 1. The summed E-state index contributed by atoms with van der Waals surface area (Å²) in [5.41, 5.74) is 3.32. The largest absolute Gasteiger partial charge is 0.345 e. The first-order chi connectivity index (χ1) is 10.1. The fourth-order valence-electron chi connectivity index (χ4n) is 2.97. The maximum atomic E-state index is 12.5. The quantitative estimate of drug-likeness (QED) is 0.896. The number of carbonyl (C=O) groups is 1. The van der Waals surface area contributed by atoms with E-state index in [1.54, 1.807) is 11.3 Å². The van der Waals surface area contributed by atoms with Crippen LogP contribution in [0.2, 0.25) is 0 Å². The first-order valence-electron chi connectivity index (χ1n) is 7.60. The van der Waals surface area contributed by atoms with Gasteiger partial charge in [-0.25, -0.2) is 0 Å². The molecule has 0 fully saturated rings. The van der Waals surface area contributed by atoms with Crippen molar-refractivity contribution in [3.05, 3.63) is 57.3 Å². The lowest BCUT2D eigenvalue weighted by Gasteiger charge is -2.19. The van der Waals surface area contributed by atoms with E-state index in [9.17, 15) is 4.79 Å². The van der Waals surface area contributed by atoms with Crippen LogP contribution in [-0.4, -0.2) is 5.91 Å². The van der Waals surface area contributed by atoms with Crippen LogP contribution in [0.4, 0.5) is 0 Å². The number of hydrogen-bond acceptors (Lipinski definition) is 2. The van der Waals surface area contributed by atoms with Crippen LogP contribution >= 0.6 is 11.3 Å². The highest BCUT2D eigenvalue weighted by molar-refractivity contribution is 7.10. The molecule has 1 amide bonds. The van der Waals surface area contributed by atoms with Crippen molar-refractivity contribution in [3.63, 3.8) is 0 Å². The molecule has 0 aliphatic heterocycles. The highest BCUT2D eigenvalue weighted by Gasteiger charge is 2.23. The van der Waals surface area contributed by atoms with Crippen LogP contribution in [0.1, 0.15) is 52.7 Å². The Balaban J connectivity index is 1.75. The van der Waals surface area contributed by atoms with Crippen molar-refractivity contribution < 1.29 is 4.79 Å².